The number of hydrogen-bond acceptors (Lipinski definition) is 0. The summed E-state index contributed by atoms with van der Waals surface area (Å²) in [6.45, 7) is 8.53. The van der Waals surface area contributed by atoms with Crippen LogP contribution in [0.3, 0.4) is 0 Å². The van der Waals surface area contributed by atoms with Crippen molar-refractivity contribution in [3.05, 3.63) is 217 Å². The van der Waals surface area contributed by atoms with Gasteiger partial charge in [-0.15, -0.1) is 0 Å². The molecule has 0 saturated heterocycles. The second-order valence-electron chi connectivity index (χ2n) is 13.7. The van der Waals surface area contributed by atoms with Gasteiger partial charge in [-0.05, 0) is 132 Å². The van der Waals surface area contributed by atoms with E-state index < -0.39 is 0 Å². The van der Waals surface area contributed by atoms with Crippen molar-refractivity contribution in [2.45, 2.75) is 25.7 Å². The third-order valence-electron chi connectivity index (χ3n) is 10.4. The lowest BCUT2D eigenvalue weighted by Gasteiger charge is -2.20. The van der Waals surface area contributed by atoms with Crippen LogP contribution in [0.15, 0.2) is 206 Å². The minimum atomic E-state index is 0.940. The summed E-state index contributed by atoms with van der Waals surface area (Å²) in [7, 11) is 0. The number of rotatable bonds is 7. The molecule has 2 aliphatic carbocycles. The fourth-order valence-corrected chi connectivity index (χ4v) is 7.60. The zero-order chi connectivity index (χ0) is 35.3. The molecule has 52 heavy (non-hydrogen) atoms. The molecule has 0 amide bonds. The molecule has 250 valence electrons. The van der Waals surface area contributed by atoms with Crippen molar-refractivity contribution < 1.29 is 0 Å². The molecule has 6 aromatic rings. The first-order valence-electron chi connectivity index (χ1n) is 18.3. The number of fused-ring (bicyclic) bond motifs is 3. The third-order valence-corrected chi connectivity index (χ3v) is 10.4. The van der Waals surface area contributed by atoms with E-state index in [1.807, 2.05) is 12.2 Å². The Morgan fingerprint density at radius 1 is 0.500 bits per heavy atom. The molecule has 8 rings (SSSR count). The van der Waals surface area contributed by atoms with Gasteiger partial charge in [0.05, 0.1) is 0 Å². The molecule has 2 aliphatic rings. The first-order valence-corrected chi connectivity index (χ1v) is 18.3. The Kier molecular flexibility index (Phi) is 9.46. The fourth-order valence-electron chi connectivity index (χ4n) is 7.60. The van der Waals surface area contributed by atoms with E-state index in [1.165, 1.54) is 71.3 Å². The zero-order valence-electron chi connectivity index (χ0n) is 29.6. The van der Waals surface area contributed by atoms with Crippen LogP contribution in [0.1, 0.15) is 36.8 Å². The molecule has 0 radical (unpaired) electrons. The Hall–Kier alpha value is -6.24. The second kappa shape index (κ2) is 14.9. The van der Waals surface area contributed by atoms with Gasteiger partial charge in [0.2, 0.25) is 0 Å². The lowest BCUT2D eigenvalue weighted by molar-refractivity contribution is 0.905. The van der Waals surface area contributed by atoms with E-state index in [1.54, 1.807) is 0 Å². The third kappa shape index (κ3) is 6.89. The summed E-state index contributed by atoms with van der Waals surface area (Å²) in [5, 5.41) is 7.34. The smallest absolute Gasteiger partial charge is 0.00933 e. The van der Waals surface area contributed by atoms with E-state index in [0.29, 0.717) is 0 Å². The fraction of sp³-hybridized carbons (Fsp3) is 0.0769. The summed E-state index contributed by atoms with van der Waals surface area (Å²) in [6.07, 6.45) is 21.6. The zero-order valence-corrected chi connectivity index (χ0v) is 29.6. The molecule has 6 aromatic carbocycles. The van der Waals surface area contributed by atoms with Crippen LogP contribution in [0.5, 0.6) is 0 Å². The van der Waals surface area contributed by atoms with Gasteiger partial charge >= 0.3 is 0 Å². The summed E-state index contributed by atoms with van der Waals surface area (Å²) >= 11 is 0. The van der Waals surface area contributed by atoms with Gasteiger partial charge in [-0.2, -0.15) is 0 Å². The lowest BCUT2D eigenvalue weighted by atomic mass is 9.85. The monoisotopic (exact) mass is 666 g/mol. The molecule has 0 aromatic heterocycles. The normalized spacial score (nSPS) is 14.2. The number of benzene rings is 5. The van der Waals surface area contributed by atoms with Crippen LogP contribution in [-0.2, 0) is 0 Å². The average Bonchev–Trinajstić information content (AvgIpc) is 3.21. The molecule has 0 atom stereocenters. The van der Waals surface area contributed by atoms with E-state index in [2.05, 4.69) is 183 Å². The van der Waals surface area contributed by atoms with Gasteiger partial charge in [0.1, 0.15) is 0 Å². The highest BCUT2D eigenvalue weighted by Gasteiger charge is 2.15. The molecule has 0 spiro atoms. The highest BCUT2D eigenvalue weighted by molar-refractivity contribution is 6.03. The average molecular weight is 667 g/mol. The summed E-state index contributed by atoms with van der Waals surface area (Å²) in [5.41, 5.74) is 12.3. The van der Waals surface area contributed by atoms with Crippen molar-refractivity contribution in [2.24, 2.45) is 0 Å². The maximum Gasteiger partial charge on any atom is -0.00933 e. The van der Waals surface area contributed by atoms with Crippen molar-refractivity contribution in [2.75, 3.05) is 0 Å². The van der Waals surface area contributed by atoms with Gasteiger partial charge in [0.15, 0.2) is 0 Å². The van der Waals surface area contributed by atoms with Crippen LogP contribution in [0.4, 0.5) is 0 Å². The Morgan fingerprint density at radius 3 is 1.79 bits per heavy atom. The molecule has 0 aliphatic heterocycles. The van der Waals surface area contributed by atoms with E-state index in [9.17, 15) is 0 Å². The number of hydrogen-bond donors (Lipinski definition) is 0. The maximum atomic E-state index is 4.59. The molecule has 0 heteroatoms. The summed E-state index contributed by atoms with van der Waals surface area (Å²) in [6, 6.07) is 48.9. The van der Waals surface area contributed by atoms with Crippen molar-refractivity contribution in [1.82, 2.24) is 0 Å². The van der Waals surface area contributed by atoms with Gasteiger partial charge in [-0.3, -0.25) is 0 Å². The van der Waals surface area contributed by atoms with Gasteiger partial charge in [0, 0.05) is 0 Å². The molecular weight excluding hydrogens is 625 g/mol. The molecule has 0 nitrogen and oxygen atoms in total. The van der Waals surface area contributed by atoms with E-state index >= 15 is 0 Å². The highest BCUT2D eigenvalue weighted by atomic mass is 14.2. The SMILES string of the molecule is C=CC=CC(=C)c1cccc(-c2ccc3ccccc3c2)ccc(C2=CC=C(C3=CC=CCC3)CC2)c2ccc(-c3ccc4ccccc4c3)cc12. The number of allylic oxidation sites excluding steroid dienone is 12. The first kappa shape index (κ1) is 32.9. The molecule has 0 saturated carbocycles. The first-order chi connectivity index (χ1) is 25.6. The topological polar surface area (TPSA) is 0 Å². The van der Waals surface area contributed by atoms with Crippen LogP contribution in [0.25, 0.3) is 65.7 Å². The Bertz CT molecular complexity index is 2600. The Balaban J connectivity index is 1.39. The van der Waals surface area contributed by atoms with Crippen LogP contribution in [0, 0.1) is 0 Å². The van der Waals surface area contributed by atoms with E-state index in [-0.39, 0.29) is 0 Å². The summed E-state index contributed by atoms with van der Waals surface area (Å²) < 4.78 is 0. The standard InChI is InChI=1S/C52H42/c1-3-4-13-37(2)49-21-12-20-41(46-28-24-39-16-8-10-18-44(39)34-46)30-32-50(43-26-22-42(23-27-43)38-14-6-5-7-15-38)51-33-31-48(36-52(49)51)47-29-25-40-17-9-11-19-45(40)35-47/h3-6,8-14,16-22,24-26,28-36H,1-2,7,15,23,27H2. The van der Waals surface area contributed by atoms with Crippen LogP contribution in [-0.4, -0.2) is 0 Å². The predicted molar refractivity (Wildman–Crippen MR) is 228 cm³/mol. The highest BCUT2D eigenvalue weighted by Crippen LogP contribution is 2.38. The van der Waals surface area contributed by atoms with Gasteiger partial charge in [-0.1, -0.05) is 177 Å². The second-order valence-corrected chi connectivity index (χ2v) is 13.7. The maximum absolute atomic E-state index is 4.59. The predicted octanol–water partition coefficient (Wildman–Crippen LogP) is 14.7. The molecule has 0 heterocycles. The van der Waals surface area contributed by atoms with Gasteiger partial charge in [0.25, 0.3) is 0 Å². The summed E-state index contributed by atoms with van der Waals surface area (Å²) in [5.74, 6) is 0. The molecule has 0 fully saturated rings. The lowest BCUT2D eigenvalue weighted by Crippen LogP contribution is -1.99. The van der Waals surface area contributed by atoms with Crippen molar-refractivity contribution in [3.63, 3.8) is 0 Å². The van der Waals surface area contributed by atoms with E-state index in [4.69, 9.17) is 0 Å². The van der Waals surface area contributed by atoms with Gasteiger partial charge < -0.3 is 0 Å². The van der Waals surface area contributed by atoms with Crippen molar-refractivity contribution >= 4 is 43.5 Å². The molecule has 0 N–H and O–H groups in total. The van der Waals surface area contributed by atoms with Gasteiger partial charge in [-0.25, -0.2) is 0 Å². The minimum Gasteiger partial charge on any atom is -0.0991 e. The Labute approximate surface area is 307 Å². The van der Waals surface area contributed by atoms with Crippen LogP contribution in [0.2, 0.25) is 0 Å². The largest absolute Gasteiger partial charge is 0.0991 e. The Morgan fingerprint density at radius 2 is 1.12 bits per heavy atom. The minimum absolute atomic E-state index is 0.940. The molecular formula is C52H42. The quantitative estimate of drug-likeness (QED) is 0.149. The van der Waals surface area contributed by atoms with Crippen molar-refractivity contribution in [1.29, 1.82) is 0 Å². The van der Waals surface area contributed by atoms with Crippen LogP contribution < -0.4 is 0 Å². The molecule has 0 bridgehead atoms. The summed E-state index contributed by atoms with van der Waals surface area (Å²) in [4.78, 5) is 0. The van der Waals surface area contributed by atoms with E-state index in [0.717, 1.165) is 42.4 Å². The van der Waals surface area contributed by atoms with Crippen LogP contribution >= 0.6 is 0 Å². The molecule has 0 unspecified atom stereocenters. The van der Waals surface area contributed by atoms with Crippen molar-refractivity contribution in [3.8, 4) is 22.3 Å².